The van der Waals surface area contributed by atoms with Crippen LogP contribution in [0.3, 0.4) is 0 Å². The van der Waals surface area contributed by atoms with E-state index in [2.05, 4.69) is 27.7 Å². The fraction of sp³-hybridized carbons (Fsp3) is 1.00. The van der Waals surface area contributed by atoms with Gasteiger partial charge in [0, 0.05) is 0 Å². The van der Waals surface area contributed by atoms with Crippen LogP contribution in [0.1, 0.15) is 40.5 Å². The minimum Gasteiger partial charge on any atom is -0.854 e. The summed E-state index contributed by atoms with van der Waals surface area (Å²) in [5, 5.41) is 12.7. The molecule has 1 saturated carbocycles. The molecule has 1 aliphatic rings. The molecule has 0 aliphatic heterocycles. The third-order valence-electron chi connectivity index (χ3n) is 2.21. The van der Waals surface area contributed by atoms with Crippen LogP contribution >= 0.6 is 0 Å². The second kappa shape index (κ2) is 8.77. The first-order valence-electron chi connectivity index (χ1n) is 5.96. The van der Waals surface area contributed by atoms with Crippen LogP contribution in [0.4, 0.5) is 0 Å². The monoisotopic (exact) mass is 212 g/mol. The number of rotatable bonds is 5. The third-order valence-corrected chi connectivity index (χ3v) is 4.76. The van der Waals surface area contributed by atoms with Gasteiger partial charge in [0.1, 0.15) is 0 Å². The number of hydrogen-bond donors (Lipinski definition) is 0. The summed E-state index contributed by atoms with van der Waals surface area (Å²) in [4.78, 5) is 0. The summed E-state index contributed by atoms with van der Waals surface area (Å²) in [6.07, 6.45) is 2.40. The fourth-order valence-corrected chi connectivity index (χ4v) is 2.57. The zero-order chi connectivity index (χ0) is 11.0. The molecular weight excluding hydrogens is 187 g/mol. The van der Waals surface area contributed by atoms with Crippen molar-refractivity contribution in [3.8, 4) is 0 Å². The van der Waals surface area contributed by atoms with Crippen LogP contribution in [-0.4, -0.2) is 21.8 Å². The Bertz CT molecular complexity index is 111. The van der Waals surface area contributed by atoms with Gasteiger partial charge in [0.15, 0.2) is 0 Å². The Balaban J connectivity index is 0.000000280. The van der Waals surface area contributed by atoms with Crippen LogP contribution in [0.5, 0.6) is 0 Å². The second-order valence-electron chi connectivity index (χ2n) is 5.16. The van der Waals surface area contributed by atoms with E-state index < -0.39 is 0 Å². The maximum Gasteiger partial charge on any atom is -0.0515 e. The van der Waals surface area contributed by atoms with Gasteiger partial charge in [0.05, 0.1) is 0 Å². The average Bonchev–Trinajstić information content (AvgIpc) is 2.86. The van der Waals surface area contributed by atoms with Crippen molar-refractivity contribution in [2.24, 2.45) is 17.8 Å². The van der Waals surface area contributed by atoms with Crippen LogP contribution in [0, 0.1) is 17.8 Å². The van der Waals surface area contributed by atoms with E-state index in [1.165, 1.54) is 23.4 Å². The Labute approximate surface area is 96.0 Å². The van der Waals surface area contributed by atoms with E-state index in [4.69, 9.17) is 0 Å². The van der Waals surface area contributed by atoms with Crippen molar-refractivity contribution < 1.29 is 5.11 Å². The second-order valence-corrected chi connectivity index (χ2v) is 6.68. The summed E-state index contributed by atoms with van der Waals surface area (Å²) in [7, 11) is 0. The molecule has 0 bridgehead atoms. The summed E-state index contributed by atoms with van der Waals surface area (Å²) >= 11 is 0.755. The predicted molar refractivity (Wildman–Crippen MR) is 62.6 cm³/mol. The fourth-order valence-electron chi connectivity index (χ4n) is 1.05. The van der Waals surface area contributed by atoms with Gasteiger partial charge in [-0.15, -0.1) is 6.61 Å². The molecule has 82 valence electrons. The molecule has 1 fully saturated rings. The standard InChI is InChI=1S/C4H7O.2C4H9.Al/c5-3-4-1-2-4;2*1-4(2)3;/h4H,1-3H2;2*4H,1H2,2-3H3;/q-1;;;+1. The van der Waals surface area contributed by atoms with E-state index in [9.17, 15) is 5.11 Å². The molecular formula is C12H25AlO. The van der Waals surface area contributed by atoms with Crippen molar-refractivity contribution in [3.05, 3.63) is 0 Å². The van der Waals surface area contributed by atoms with E-state index in [-0.39, 0.29) is 6.61 Å². The molecule has 14 heavy (non-hydrogen) atoms. The van der Waals surface area contributed by atoms with E-state index >= 15 is 0 Å². The minimum atomic E-state index is 0.167. The van der Waals surface area contributed by atoms with Gasteiger partial charge >= 0.3 is 65.3 Å². The Morgan fingerprint density at radius 2 is 1.50 bits per heavy atom. The summed E-state index contributed by atoms with van der Waals surface area (Å²) in [6.45, 7) is 9.42. The van der Waals surface area contributed by atoms with Gasteiger partial charge in [-0.3, -0.25) is 0 Å². The van der Waals surface area contributed by atoms with E-state index in [0.717, 1.165) is 27.1 Å². The smallest absolute Gasteiger partial charge is 0.0515 e. The molecule has 0 amide bonds. The topological polar surface area (TPSA) is 23.1 Å². The SMILES string of the molecule is CC(C)[CH2][Al+][CH2]C(C)C.[O-]CC1CC1. The molecule has 0 aromatic carbocycles. The molecule has 1 rings (SSSR count). The van der Waals surface area contributed by atoms with Crippen molar-refractivity contribution in [2.45, 2.75) is 51.1 Å². The van der Waals surface area contributed by atoms with E-state index in [1.54, 1.807) is 0 Å². The van der Waals surface area contributed by atoms with Crippen LogP contribution in [-0.2, 0) is 0 Å². The zero-order valence-electron chi connectivity index (χ0n) is 10.3. The summed E-state index contributed by atoms with van der Waals surface area (Å²) in [6, 6.07) is 0. The normalized spacial score (nSPS) is 15.1. The van der Waals surface area contributed by atoms with Gasteiger partial charge in [0.25, 0.3) is 0 Å². The molecule has 0 aromatic heterocycles. The molecule has 0 unspecified atom stereocenters. The van der Waals surface area contributed by atoms with Crippen molar-refractivity contribution in [3.63, 3.8) is 0 Å². The summed E-state index contributed by atoms with van der Waals surface area (Å²) < 4.78 is 0. The Morgan fingerprint density at radius 1 is 1.07 bits per heavy atom. The van der Waals surface area contributed by atoms with Crippen LogP contribution < -0.4 is 5.11 Å². The summed E-state index contributed by atoms with van der Waals surface area (Å²) in [5.74, 6) is 2.44. The first-order valence-corrected chi connectivity index (χ1v) is 7.59. The quantitative estimate of drug-likeness (QED) is 0.642. The van der Waals surface area contributed by atoms with Crippen molar-refractivity contribution in [1.82, 2.24) is 0 Å². The van der Waals surface area contributed by atoms with Crippen LogP contribution in [0.2, 0.25) is 10.6 Å². The Morgan fingerprint density at radius 3 is 1.64 bits per heavy atom. The molecule has 0 aromatic rings. The minimum absolute atomic E-state index is 0.167. The molecule has 0 saturated heterocycles. The molecule has 0 atom stereocenters. The van der Waals surface area contributed by atoms with Crippen LogP contribution in [0.25, 0.3) is 0 Å². The van der Waals surface area contributed by atoms with Crippen molar-refractivity contribution in [2.75, 3.05) is 6.61 Å². The van der Waals surface area contributed by atoms with Crippen molar-refractivity contribution >= 4 is 15.2 Å². The zero-order valence-corrected chi connectivity index (χ0v) is 11.4. The van der Waals surface area contributed by atoms with Gasteiger partial charge in [-0.05, 0) is 0 Å². The summed E-state index contributed by atoms with van der Waals surface area (Å²) in [5.41, 5.74) is 0. The van der Waals surface area contributed by atoms with Gasteiger partial charge < -0.3 is 5.11 Å². The third kappa shape index (κ3) is 12.5. The maximum absolute atomic E-state index is 9.69. The molecule has 2 heteroatoms. The molecule has 1 nitrogen and oxygen atoms in total. The first-order chi connectivity index (χ1) is 6.56. The molecule has 0 heterocycles. The Hall–Kier alpha value is 0.492. The largest absolute Gasteiger partial charge is 0.854 e. The molecule has 1 aliphatic carbocycles. The van der Waals surface area contributed by atoms with Crippen LogP contribution in [0.15, 0.2) is 0 Å². The predicted octanol–water partition coefficient (Wildman–Crippen LogP) is 2.60. The maximum atomic E-state index is 9.69. The molecule has 0 spiro atoms. The van der Waals surface area contributed by atoms with Gasteiger partial charge in [-0.1, -0.05) is 18.8 Å². The van der Waals surface area contributed by atoms with E-state index in [1.807, 2.05) is 0 Å². The van der Waals surface area contributed by atoms with Gasteiger partial charge in [-0.2, -0.15) is 0 Å². The van der Waals surface area contributed by atoms with Crippen molar-refractivity contribution in [1.29, 1.82) is 0 Å². The Kier molecular flexibility index (Phi) is 9.08. The molecule has 0 N–H and O–H groups in total. The molecule has 0 radical (unpaired) electrons. The van der Waals surface area contributed by atoms with E-state index in [0.29, 0.717) is 5.92 Å². The van der Waals surface area contributed by atoms with Gasteiger partial charge in [0.2, 0.25) is 0 Å². The van der Waals surface area contributed by atoms with Gasteiger partial charge in [-0.25, -0.2) is 0 Å². The average molecular weight is 212 g/mol. The first kappa shape index (κ1) is 14.5. The number of hydrogen-bond acceptors (Lipinski definition) is 1.